The van der Waals surface area contributed by atoms with Crippen molar-refractivity contribution in [1.82, 2.24) is 0 Å². The molecule has 2 nitrogen and oxygen atoms in total. The molecule has 0 aliphatic carbocycles. The maximum atomic E-state index is 13.5. The molecular formula is C9H9Cl2FO2S. The minimum atomic E-state index is -3.68. The second-order valence-corrected chi connectivity index (χ2v) is 6.44. The molecule has 15 heavy (non-hydrogen) atoms. The van der Waals surface area contributed by atoms with Gasteiger partial charge in [-0.1, -0.05) is 17.7 Å². The van der Waals surface area contributed by atoms with Gasteiger partial charge in [0.1, 0.15) is 5.82 Å². The largest absolute Gasteiger partial charge is 0.236 e. The van der Waals surface area contributed by atoms with Crippen LogP contribution < -0.4 is 0 Å². The molecule has 0 N–H and O–H groups in total. The Labute approximate surface area is 97.4 Å². The van der Waals surface area contributed by atoms with Crippen LogP contribution in [0.1, 0.15) is 16.7 Å². The van der Waals surface area contributed by atoms with Crippen LogP contribution in [0.15, 0.2) is 6.07 Å². The summed E-state index contributed by atoms with van der Waals surface area (Å²) in [4.78, 5) is 0. The number of halogens is 3. The van der Waals surface area contributed by atoms with Crippen LogP contribution in [0.3, 0.4) is 0 Å². The van der Waals surface area contributed by atoms with Gasteiger partial charge in [0.25, 0.3) is 0 Å². The normalized spacial score (nSPS) is 11.8. The van der Waals surface area contributed by atoms with Gasteiger partial charge in [0.05, 0.1) is 10.8 Å². The van der Waals surface area contributed by atoms with E-state index in [1.807, 2.05) is 0 Å². The van der Waals surface area contributed by atoms with Gasteiger partial charge in [0.2, 0.25) is 9.05 Å². The van der Waals surface area contributed by atoms with Crippen molar-refractivity contribution < 1.29 is 12.8 Å². The van der Waals surface area contributed by atoms with Crippen molar-refractivity contribution in [3.05, 3.63) is 33.6 Å². The lowest BCUT2D eigenvalue weighted by Crippen LogP contribution is -2.01. The van der Waals surface area contributed by atoms with E-state index in [1.54, 1.807) is 6.92 Å². The minimum absolute atomic E-state index is 0.0169. The van der Waals surface area contributed by atoms with Crippen LogP contribution >= 0.6 is 22.3 Å². The predicted octanol–water partition coefficient (Wildman–Crippen LogP) is 3.16. The van der Waals surface area contributed by atoms with Crippen molar-refractivity contribution in [2.45, 2.75) is 19.6 Å². The number of benzene rings is 1. The van der Waals surface area contributed by atoms with Crippen LogP contribution in [0, 0.1) is 19.7 Å². The third-order valence-electron chi connectivity index (χ3n) is 2.07. The molecule has 0 aromatic heterocycles. The second-order valence-electron chi connectivity index (χ2n) is 3.29. The lowest BCUT2D eigenvalue weighted by atomic mass is 10.1. The standard InChI is InChI=1S/C9H9Cl2FO2S/c1-5-3-7(4-15(11,13)14)6(2)9(12)8(5)10/h3H,4H2,1-2H3. The van der Waals surface area contributed by atoms with Crippen molar-refractivity contribution in [3.8, 4) is 0 Å². The Morgan fingerprint density at radius 3 is 2.40 bits per heavy atom. The van der Waals surface area contributed by atoms with Gasteiger partial charge in [-0.15, -0.1) is 0 Å². The molecule has 1 aromatic rings. The van der Waals surface area contributed by atoms with Crippen molar-refractivity contribution >= 4 is 31.3 Å². The van der Waals surface area contributed by atoms with Crippen LogP contribution in [0.5, 0.6) is 0 Å². The molecule has 0 unspecified atom stereocenters. The molecule has 1 aromatic carbocycles. The van der Waals surface area contributed by atoms with E-state index in [0.29, 0.717) is 11.1 Å². The van der Waals surface area contributed by atoms with Crippen LogP contribution in [0.2, 0.25) is 5.02 Å². The minimum Gasteiger partial charge on any atom is -0.212 e. The molecule has 0 amide bonds. The summed E-state index contributed by atoms with van der Waals surface area (Å²) in [7, 11) is 1.42. The van der Waals surface area contributed by atoms with Gasteiger partial charge in [0, 0.05) is 10.7 Å². The topological polar surface area (TPSA) is 34.1 Å². The SMILES string of the molecule is Cc1cc(CS(=O)(=O)Cl)c(C)c(F)c1Cl. The van der Waals surface area contributed by atoms with Gasteiger partial charge in [-0.3, -0.25) is 0 Å². The van der Waals surface area contributed by atoms with Gasteiger partial charge in [-0.05, 0) is 30.5 Å². The lowest BCUT2D eigenvalue weighted by Gasteiger charge is -2.08. The van der Waals surface area contributed by atoms with Crippen molar-refractivity contribution in [2.24, 2.45) is 0 Å². The third-order valence-corrected chi connectivity index (χ3v) is 3.52. The molecule has 0 bridgehead atoms. The van der Waals surface area contributed by atoms with E-state index >= 15 is 0 Å². The highest BCUT2D eigenvalue weighted by Crippen LogP contribution is 2.27. The monoisotopic (exact) mass is 270 g/mol. The summed E-state index contributed by atoms with van der Waals surface area (Å²) in [6, 6.07) is 1.53. The van der Waals surface area contributed by atoms with E-state index in [0.717, 1.165) is 0 Å². The smallest absolute Gasteiger partial charge is 0.212 e. The van der Waals surface area contributed by atoms with E-state index in [2.05, 4.69) is 0 Å². The highest BCUT2D eigenvalue weighted by atomic mass is 35.7. The van der Waals surface area contributed by atoms with Gasteiger partial charge in [-0.25, -0.2) is 12.8 Å². The summed E-state index contributed by atoms with van der Waals surface area (Å²) in [5, 5.41) is 0.0169. The molecule has 0 aliphatic rings. The highest BCUT2D eigenvalue weighted by molar-refractivity contribution is 8.13. The Morgan fingerprint density at radius 1 is 1.40 bits per heavy atom. The number of aryl methyl sites for hydroxylation is 1. The fraction of sp³-hybridized carbons (Fsp3) is 0.333. The summed E-state index contributed by atoms with van der Waals surface area (Å²) < 4.78 is 35.2. The summed E-state index contributed by atoms with van der Waals surface area (Å²) >= 11 is 5.67. The number of hydrogen-bond acceptors (Lipinski definition) is 2. The molecule has 6 heteroatoms. The first kappa shape index (κ1) is 12.7. The van der Waals surface area contributed by atoms with Gasteiger partial charge < -0.3 is 0 Å². The molecule has 0 fully saturated rings. The Bertz CT molecular complexity index is 497. The molecule has 0 radical (unpaired) electrons. The molecule has 0 aliphatic heterocycles. The Kier molecular flexibility index (Phi) is 3.63. The van der Waals surface area contributed by atoms with Gasteiger partial charge in [0.15, 0.2) is 0 Å². The zero-order valence-electron chi connectivity index (χ0n) is 8.14. The molecule has 0 saturated carbocycles. The lowest BCUT2D eigenvalue weighted by molar-refractivity contribution is 0.605. The average Bonchev–Trinajstić information content (AvgIpc) is 2.08. The number of rotatable bonds is 2. The number of hydrogen-bond donors (Lipinski definition) is 0. The maximum Gasteiger partial charge on any atom is 0.236 e. The molecule has 0 spiro atoms. The fourth-order valence-electron chi connectivity index (χ4n) is 1.25. The Hall–Kier alpha value is -0.320. The fourth-order valence-corrected chi connectivity index (χ4v) is 2.47. The van der Waals surface area contributed by atoms with Gasteiger partial charge in [-0.2, -0.15) is 0 Å². The zero-order valence-corrected chi connectivity index (χ0v) is 10.5. The molecule has 0 saturated heterocycles. The van der Waals surface area contributed by atoms with Gasteiger partial charge >= 0.3 is 0 Å². The highest BCUT2D eigenvalue weighted by Gasteiger charge is 2.15. The molecule has 0 heterocycles. The van der Waals surface area contributed by atoms with Crippen molar-refractivity contribution in [3.63, 3.8) is 0 Å². The molecule has 84 valence electrons. The molecule has 0 atom stereocenters. The summed E-state index contributed by atoms with van der Waals surface area (Å²) in [6.07, 6.45) is 0. The summed E-state index contributed by atoms with van der Waals surface area (Å²) in [5.41, 5.74) is 1.05. The second kappa shape index (κ2) is 4.28. The first-order valence-electron chi connectivity index (χ1n) is 4.09. The van der Waals surface area contributed by atoms with Crippen LogP contribution in [0.4, 0.5) is 4.39 Å². The molecular weight excluding hydrogens is 262 g/mol. The zero-order chi connectivity index (χ0) is 11.8. The van der Waals surface area contributed by atoms with E-state index < -0.39 is 20.6 Å². The Morgan fingerprint density at radius 2 is 1.93 bits per heavy atom. The van der Waals surface area contributed by atoms with E-state index in [9.17, 15) is 12.8 Å². The van der Waals surface area contributed by atoms with Crippen molar-refractivity contribution in [2.75, 3.05) is 0 Å². The van der Waals surface area contributed by atoms with Crippen LogP contribution in [-0.4, -0.2) is 8.42 Å². The first-order valence-corrected chi connectivity index (χ1v) is 6.94. The first-order chi connectivity index (χ1) is 6.72. The van der Waals surface area contributed by atoms with E-state index in [-0.39, 0.29) is 10.6 Å². The average molecular weight is 271 g/mol. The quantitative estimate of drug-likeness (QED) is 0.774. The van der Waals surface area contributed by atoms with E-state index in [4.69, 9.17) is 22.3 Å². The third kappa shape index (κ3) is 3.06. The summed E-state index contributed by atoms with van der Waals surface area (Å²) in [5.74, 6) is -0.984. The maximum absolute atomic E-state index is 13.5. The summed E-state index contributed by atoms with van der Waals surface area (Å²) in [6.45, 7) is 3.08. The Balaban J connectivity index is 3.33. The predicted molar refractivity (Wildman–Crippen MR) is 59.4 cm³/mol. The van der Waals surface area contributed by atoms with Crippen LogP contribution in [-0.2, 0) is 14.8 Å². The van der Waals surface area contributed by atoms with Crippen LogP contribution in [0.25, 0.3) is 0 Å². The van der Waals surface area contributed by atoms with E-state index in [1.165, 1.54) is 13.0 Å². The molecule has 1 rings (SSSR count). The van der Waals surface area contributed by atoms with Crippen molar-refractivity contribution in [1.29, 1.82) is 0 Å².